The monoisotopic (exact) mass is 1270 g/mol. The van der Waals surface area contributed by atoms with Crippen molar-refractivity contribution in [2.75, 3.05) is 31.6 Å². The summed E-state index contributed by atoms with van der Waals surface area (Å²) in [5.41, 5.74) is 8.88. The maximum atomic E-state index is 14.1. The quantitative estimate of drug-likeness (QED) is 0.101. The minimum absolute atomic E-state index is 0.0960. The second kappa shape index (κ2) is 28.8. The van der Waals surface area contributed by atoms with E-state index in [1.165, 1.54) is 19.6 Å². The number of carbonyl (C=O) groups is 4. The van der Waals surface area contributed by atoms with Crippen LogP contribution in [-0.4, -0.2) is 113 Å². The number of amides is 3. The highest BCUT2D eigenvalue weighted by atomic mass is 35.5. The van der Waals surface area contributed by atoms with Gasteiger partial charge in [0.05, 0.1) is 12.1 Å². The minimum Gasteiger partial charge on any atom is -0.367 e. The number of aromatic nitrogens is 4. The number of tetrazole rings is 1. The SMILES string of the molecule is CCN(CC)CC.C[C@H](c1ccc(C(=O)Cl)cc1)N1C(=O)C(c2cc(Cl)cc(Cl)c2)=NC12CCC(C(C)(C)C)CC2.C[C@H](c1ccc(C(=O)Nc2nn[nH]n2)cc1)N1C(=O)C(c2cc(Cl)cc(Cl)c2)=NC12CCC(C(C)(C)C)CC2.NC1=NCN=N1. The van der Waals surface area contributed by atoms with Gasteiger partial charge in [0.1, 0.15) is 22.7 Å². The van der Waals surface area contributed by atoms with E-state index >= 15 is 0 Å². The van der Waals surface area contributed by atoms with Crippen LogP contribution in [0.4, 0.5) is 5.95 Å². The van der Waals surface area contributed by atoms with E-state index in [0.717, 1.165) is 62.5 Å². The van der Waals surface area contributed by atoms with Gasteiger partial charge in [-0.2, -0.15) is 10.3 Å². The Hall–Kier alpha value is -6.15. The average molecular weight is 1270 g/mol. The van der Waals surface area contributed by atoms with Crippen molar-refractivity contribution in [1.82, 2.24) is 35.3 Å². The molecule has 86 heavy (non-hydrogen) atoms. The molecule has 2 atom stereocenters. The molecule has 0 bridgehead atoms. The van der Waals surface area contributed by atoms with Crippen LogP contribution in [0.1, 0.15) is 183 Å². The Labute approximate surface area is 530 Å². The first kappa shape index (κ1) is 67.4. The molecular weight excluding hydrogens is 1190 g/mol. The van der Waals surface area contributed by atoms with Crippen molar-refractivity contribution in [3.63, 3.8) is 0 Å². The molecule has 18 nitrogen and oxygen atoms in total. The van der Waals surface area contributed by atoms with E-state index in [1.54, 1.807) is 60.7 Å². The van der Waals surface area contributed by atoms with Crippen LogP contribution in [0, 0.1) is 22.7 Å². The number of rotatable bonds is 12. The van der Waals surface area contributed by atoms with E-state index < -0.39 is 16.6 Å². The number of nitrogens with zero attached hydrogens (tertiary/aromatic N) is 11. The molecule has 0 radical (unpaired) electrons. The zero-order chi connectivity index (χ0) is 62.9. The summed E-state index contributed by atoms with van der Waals surface area (Å²) in [6, 6.07) is 24.0. The lowest BCUT2D eigenvalue weighted by atomic mass is 9.69. The molecule has 4 aromatic carbocycles. The Balaban J connectivity index is 0.000000204. The molecule has 10 rings (SSSR count). The fourth-order valence-electron chi connectivity index (χ4n) is 12.1. The van der Waals surface area contributed by atoms with Crippen LogP contribution in [0.2, 0.25) is 20.1 Å². The maximum absolute atomic E-state index is 14.1. The molecule has 4 heterocycles. The lowest BCUT2D eigenvalue weighted by Crippen LogP contribution is -2.50. The summed E-state index contributed by atoms with van der Waals surface area (Å²) in [4.78, 5) is 72.1. The fourth-order valence-corrected chi connectivity index (χ4v) is 13.2. The van der Waals surface area contributed by atoms with Gasteiger partial charge in [-0.1, -0.05) is 138 Å². The summed E-state index contributed by atoms with van der Waals surface area (Å²) in [6.45, 7) is 28.2. The van der Waals surface area contributed by atoms with E-state index in [0.29, 0.717) is 72.3 Å². The smallest absolute Gasteiger partial charge is 0.275 e. The van der Waals surface area contributed by atoms with Gasteiger partial charge in [0.15, 0.2) is 6.67 Å². The number of guanidine groups is 1. The second-order valence-corrected chi connectivity index (χ2v) is 26.5. The van der Waals surface area contributed by atoms with Crippen LogP contribution in [0.15, 0.2) is 110 Å². The number of anilines is 1. The van der Waals surface area contributed by atoms with Gasteiger partial charge in [0.2, 0.25) is 5.96 Å². The molecule has 5 aromatic rings. The molecule has 3 amide bonds. The van der Waals surface area contributed by atoms with Crippen LogP contribution in [0.5, 0.6) is 0 Å². The van der Waals surface area contributed by atoms with E-state index in [-0.39, 0.29) is 52.5 Å². The van der Waals surface area contributed by atoms with Gasteiger partial charge in [-0.25, -0.2) is 4.99 Å². The standard InChI is InChI=1S/C28H31Cl2N7O2.C27H29Cl3N2O2.C6H15N.C2H4N4/c1-16(17-5-7-18(8-6-17)24(38)31-26-33-35-36-34-26)37-25(39)23(19-13-21(29)15-22(30)14-19)32-28(37)11-9-20(10-12-28)27(2,3)4;1-16(17-5-7-18(8-6-17)24(30)33)32-25(34)23(19-13-21(28)15-22(29)14-19)31-27(32)11-9-20(10-12-27)26(2,3)4;1-4-7(5-2)6-3;3-2-4-1-5-6-2/h5-8,13-16,20H,9-12H2,1-4H3,(H2,31,33,34,35,36,38);5-8,13-16,20H,9-12H2,1-4H3;4-6H2,1-3H3;1H2,(H2,3,4)/t16-,20?,28?;16-,20?,27?;;/m11../s1. The second-order valence-electron chi connectivity index (χ2n) is 24.4. The zero-order valence-corrected chi connectivity index (χ0v) is 54.7. The third-order valence-electron chi connectivity index (χ3n) is 17.1. The van der Waals surface area contributed by atoms with Crippen molar-refractivity contribution in [1.29, 1.82) is 0 Å². The molecule has 4 N–H and O–H groups in total. The minimum atomic E-state index is -0.656. The molecule has 2 spiro atoms. The largest absolute Gasteiger partial charge is 0.367 e. The number of halogens is 5. The number of hydrogen-bond acceptors (Lipinski definition) is 14. The van der Waals surface area contributed by atoms with E-state index in [2.05, 4.69) is 108 Å². The first-order valence-corrected chi connectivity index (χ1v) is 31.2. The van der Waals surface area contributed by atoms with Crippen molar-refractivity contribution < 1.29 is 19.2 Å². The van der Waals surface area contributed by atoms with Crippen molar-refractivity contribution >= 4 is 104 Å². The van der Waals surface area contributed by atoms with Gasteiger partial charge in [0, 0.05) is 42.3 Å². The summed E-state index contributed by atoms with van der Waals surface area (Å²) in [5.74, 6) is 0.875. The van der Waals surface area contributed by atoms with Gasteiger partial charge in [0.25, 0.3) is 28.9 Å². The summed E-state index contributed by atoms with van der Waals surface area (Å²) < 4.78 is 0. The lowest BCUT2D eigenvalue weighted by Gasteiger charge is -2.46. The number of H-pyrrole nitrogens is 1. The van der Waals surface area contributed by atoms with Crippen molar-refractivity contribution in [2.45, 2.75) is 151 Å². The number of nitrogens with two attached hydrogens (primary N) is 1. The Bertz CT molecular complexity index is 3270. The summed E-state index contributed by atoms with van der Waals surface area (Å²) in [5, 5.41) is 24.0. The van der Waals surface area contributed by atoms with Crippen molar-refractivity contribution in [3.8, 4) is 0 Å². The van der Waals surface area contributed by atoms with Crippen LogP contribution in [-0.2, 0) is 9.59 Å². The van der Waals surface area contributed by atoms with Crippen LogP contribution < -0.4 is 11.1 Å². The van der Waals surface area contributed by atoms with E-state index in [4.69, 9.17) is 73.7 Å². The number of nitrogens with one attached hydrogen (secondary N) is 2. The Morgan fingerprint density at radius 3 is 1.35 bits per heavy atom. The van der Waals surface area contributed by atoms with Crippen molar-refractivity contribution in [3.05, 3.63) is 138 Å². The first-order chi connectivity index (χ1) is 40.6. The molecule has 2 aliphatic carbocycles. The maximum Gasteiger partial charge on any atom is 0.275 e. The number of aromatic amines is 1. The molecule has 5 aliphatic rings. The summed E-state index contributed by atoms with van der Waals surface area (Å²) in [6.07, 6.45) is 7.06. The molecule has 1 aromatic heterocycles. The molecule has 3 aliphatic heterocycles. The topological polar surface area (TPSA) is 232 Å². The van der Waals surface area contributed by atoms with Gasteiger partial charge < -0.3 is 20.4 Å². The summed E-state index contributed by atoms with van der Waals surface area (Å²) in [7, 11) is 0. The normalized spacial score (nSPS) is 21.6. The lowest BCUT2D eigenvalue weighted by molar-refractivity contribution is -0.133. The van der Waals surface area contributed by atoms with Gasteiger partial charge in [-0.3, -0.25) is 34.5 Å². The molecular formula is C63H79Cl5N14O4. The number of carbonyl (C=O) groups excluding carboxylic acids is 4. The third-order valence-corrected chi connectivity index (χ3v) is 18.2. The van der Waals surface area contributed by atoms with E-state index in [1.807, 2.05) is 47.9 Å². The van der Waals surface area contributed by atoms with Crippen LogP contribution in [0.25, 0.3) is 0 Å². The first-order valence-electron chi connectivity index (χ1n) is 29.3. The Morgan fingerprint density at radius 1 is 0.663 bits per heavy atom. The van der Waals surface area contributed by atoms with Gasteiger partial charge in [-0.15, -0.1) is 10.2 Å². The van der Waals surface area contributed by atoms with E-state index in [9.17, 15) is 19.2 Å². The third kappa shape index (κ3) is 16.3. The number of benzene rings is 4. The number of aliphatic imine (C=N–C) groups is 3. The molecule has 2 saturated carbocycles. The summed E-state index contributed by atoms with van der Waals surface area (Å²) >= 11 is 30.7. The Morgan fingerprint density at radius 2 is 1.06 bits per heavy atom. The molecule has 2 fully saturated rings. The molecule has 0 unspecified atom stereocenters. The predicted molar refractivity (Wildman–Crippen MR) is 345 cm³/mol. The van der Waals surface area contributed by atoms with Crippen molar-refractivity contribution in [2.24, 2.45) is 53.6 Å². The van der Waals surface area contributed by atoms with Gasteiger partial charge in [-0.05, 0) is 196 Å². The fraction of sp³-hybridized carbons (Fsp3) is 0.492. The van der Waals surface area contributed by atoms with Gasteiger partial charge >= 0.3 is 0 Å². The van der Waals surface area contributed by atoms with Crippen LogP contribution in [0.3, 0.4) is 0 Å². The molecule has 0 saturated heterocycles. The highest BCUT2D eigenvalue weighted by molar-refractivity contribution is 6.67. The predicted octanol–water partition coefficient (Wildman–Crippen LogP) is 14.9. The Kier molecular flexibility index (Phi) is 22.5. The zero-order valence-electron chi connectivity index (χ0n) is 50.9. The highest BCUT2D eigenvalue weighted by Crippen LogP contribution is 2.51. The number of azo groups is 1. The molecule has 460 valence electrons. The van der Waals surface area contributed by atoms with Crippen LogP contribution >= 0.6 is 58.0 Å². The molecule has 23 heteroatoms. The highest BCUT2D eigenvalue weighted by Gasteiger charge is 2.53. The number of hydrogen-bond donors (Lipinski definition) is 3. The average Bonchev–Trinajstić information content (AvgIpc) is 1.60.